The van der Waals surface area contributed by atoms with E-state index in [1.54, 1.807) is 0 Å². The zero-order chi connectivity index (χ0) is 7.40. The molecule has 0 amide bonds. The van der Waals surface area contributed by atoms with E-state index in [0.29, 0.717) is 19.6 Å². The highest BCUT2D eigenvalue weighted by molar-refractivity contribution is 5.84. The standard InChI is InChI=1S/C7H13NO2/c1-2-10-7-5-8-4-3-6(7)9/h7-8H,2-5H2,1H3/t7-/m1/s1. The third kappa shape index (κ3) is 1.78. The quantitative estimate of drug-likeness (QED) is 0.589. The summed E-state index contributed by atoms with van der Waals surface area (Å²) in [6.45, 7) is 4.02. The van der Waals surface area contributed by atoms with Gasteiger partial charge in [0.15, 0.2) is 5.78 Å². The van der Waals surface area contributed by atoms with Crippen LogP contribution in [-0.4, -0.2) is 31.6 Å². The van der Waals surface area contributed by atoms with Crippen molar-refractivity contribution in [1.29, 1.82) is 0 Å². The molecular formula is C7H13NO2. The normalized spacial score (nSPS) is 26.9. The molecule has 58 valence electrons. The van der Waals surface area contributed by atoms with Crippen LogP contribution in [0.2, 0.25) is 0 Å². The molecule has 0 bridgehead atoms. The first-order valence-corrected chi connectivity index (χ1v) is 3.69. The summed E-state index contributed by atoms with van der Waals surface area (Å²) >= 11 is 0. The van der Waals surface area contributed by atoms with E-state index in [1.807, 2.05) is 6.92 Å². The van der Waals surface area contributed by atoms with Gasteiger partial charge in [-0.2, -0.15) is 0 Å². The van der Waals surface area contributed by atoms with Gasteiger partial charge in [-0.05, 0) is 6.92 Å². The Morgan fingerprint density at radius 3 is 3.20 bits per heavy atom. The van der Waals surface area contributed by atoms with Crippen molar-refractivity contribution in [3.63, 3.8) is 0 Å². The minimum Gasteiger partial charge on any atom is -0.369 e. The third-order valence-electron chi connectivity index (χ3n) is 1.60. The number of piperidine rings is 1. The maximum absolute atomic E-state index is 11.0. The number of carbonyl (C=O) groups excluding carboxylic acids is 1. The number of hydrogen-bond donors (Lipinski definition) is 1. The molecule has 0 aromatic heterocycles. The third-order valence-corrected chi connectivity index (χ3v) is 1.60. The number of Topliss-reactive ketones (excluding diaryl/α,β-unsaturated/α-hetero) is 1. The highest BCUT2D eigenvalue weighted by Crippen LogP contribution is 2.00. The van der Waals surface area contributed by atoms with Crippen LogP contribution in [0.1, 0.15) is 13.3 Å². The van der Waals surface area contributed by atoms with Crippen molar-refractivity contribution in [3.05, 3.63) is 0 Å². The van der Waals surface area contributed by atoms with Crippen LogP contribution in [0.3, 0.4) is 0 Å². The molecule has 0 aromatic rings. The van der Waals surface area contributed by atoms with E-state index >= 15 is 0 Å². The van der Waals surface area contributed by atoms with Gasteiger partial charge in [0.2, 0.25) is 0 Å². The molecule has 0 saturated carbocycles. The van der Waals surface area contributed by atoms with Gasteiger partial charge in [-0.15, -0.1) is 0 Å². The van der Waals surface area contributed by atoms with Gasteiger partial charge in [-0.3, -0.25) is 4.79 Å². The Morgan fingerprint density at radius 2 is 2.60 bits per heavy atom. The van der Waals surface area contributed by atoms with E-state index in [4.69, 9.17) is 4.74 Å². The minimum atomic E-state index is -0.182. The van der Waals surface area contributed by atoms with Crippen molar-refractivity contribution in [3.8, 4) is 0 Å². The molecule has 1 rings (SSSR count). The largest absolute Gasteiger partial charge is 0.369 e. The monoisotopic (exact) mass is 143 g/mol. The summed E-state index contributed by atoms with van der Waals surface area (Å²) in [5, 5.41) is 3.10. The minimum absolute atomic E-state index is 0.182. The van der Waals surface area contributed by atoms with Crippen LogP contribution < -0.4 is 5.32 Å². The van der Waals surface area contributed by atoms with E-state index < -0.39 is 0 Å². The average molecular weight is 143 g/mol. The Kier molecular flexibility index (Phi) is 2.83. The molecule has 1 N–H and O–H groups in total. The van der Waals surface area contributed by atoms with Crippen LogP contribution in [0.4, 0.5) is 0 Å². The summed E-state index contributed by atoms with van der Waals surface area (Å²) in [7, 11) is 0. The Labute approximate surface area is 60.7 Å². The fraction of sp³-hybridized carbons (Fsp3) is 0.857. The predicted molar refractivity (Wildman–Crippen MR) is 37.9 cm³/mol. The number of carbonyl (C=O) groups is 1. The van der Waals surface area contributed by atoms with E-state index in [9.17, 15) is 4.79 Å². The molecule has 0 aliphatic carbocycles. The lowest BCUT2D eigenvalue weighted by molar-refractivity contribution is -0.131. The van der Waals surface area contributed by atoms with E-state index in [1.165, 1.54) is 0 Å². The highest BCUT2D eigenvalue weighted by Gasteiger charge is 2.21. The second-order valence-corrected chi connectivity index (χ2v) is 2.36. The number of nitrogens with one attached hydrogen (secondary N) is 1. The van der Waals surface area contributed by atoms with Crippen LogP contribution in [0.25, 0.3) is 0 Å². The van der Waals surface area contributed by atoms with Gasteiger partial charge in [0.25, 0.3) is 0 Å². The number of hydrogen-bond acceptors (Lipinski definition) is 3. The summed E-state index contributed by atoms with van der Waals surface area (Å²) in [4.78, 5) is 11.0. The summed E-state index contributed by atoms with van der Waals surface area (Å²) in [5.74, 6) is 0.237. The lowest BCUT2D eigenvalue weighted by Crippen LogP contribution is -2.42. The fourth-order valence-corrected chi connectivity index (χ4v) is 1.07. The fourth-order valence-electron chi connectivity index (χ4n) is 1.07. The maximum atomic E-state index is 11.0. The molecule has 1 atom stereocenters. The molecule has 0 radical (unpaired) electrons. The van der Waals surface area contributed by atoms with Gasteiger partial charge in [0.05, 0.1) is 0 Å². The van der Waals surface area contributed by atoms with Gasteiger partial charge in [-0.1, -0.05) is 0 Å². The first-order chi connectivity index (χ1) is 4.84. The SMILES string of the molecule is CCO[C@@H]1CNCCC1=O. The molecule has 1 saturated heterocycles. The number of ether oxygens (including phenoxy) is 1. The van der Waals surface area contributed by atoms with Crippen LogP contribution in [0.15, 0.2) is 0 Å². The molecular weight excluding hydrogens is 130 g/mol. The molecule has 3 heteroatoms. The van der Waals surface area contributed by atoms with Crippen LogP contribution >= 0.6 is 0 Å². The molecule has 1 heterocycles. The van der Waals surface area contributed by atoms with Gasteiger partial charge in [0, 0.05) is 26.1 Å². The van der Waals surface area contributed by atoms with Crippen LogP contribution in [-0.2, 0) is 9.53 Å². The van der Waals surface area contributed by atoms with E-state index in [0.717, 1.165) is 6.54 Å². The number of rotatable bonds is 2. The molecule has 1 aliphatic heterocycles. The Bertz CT molecular complexity index is 123. The molecule has 1 fully saturated rings. The summed E-state index contributed by atoms with van der Waals surface area (Å²) in [6, 6.07) is 0. The Hall–Kier alpha value is -0.410. The smallest absolute Gasteiger partial charge is 0.164 e. The maximum Gasteiger partial charge on any atom is 0.164 e. The molecule has 3 nitrogen and oxygen atoms in total. The molecule has 0 unspecified atom stereocenters. The van der Waals surface area contributed by atoms with Crippen molar-refractivity contribution < 1.29 is 9.53 Å². The van der Waals surface area contributed by atoms with Gasteiger partial charge in [0.1, 0.15) is 6.10 Å². The van der Waals surface area contributed by atoms with E-state index in [2.05, 4.69) is 5.32 Å². The highest BCUT2D eigenvalue weighted by atomic mass is 16.5. The van der Waals surface area contributed by atoms with Gasteiger partial charge < -0.3 is 10.1 Å². The first kappa shape index (κ1) is 7.69. The lowest BCUT2D eigenvalue weighted by Gasteiger charge is -2.20. The van der Waals surface area contributed by atoms with E-state index in [-0.39, 0.29) is 11.9 Å². The number of ketones is 1. The molecule has 0 spiro atoms. The van der Waals surface area contributed by atoms with Crippen molar-refractivity contribution in [1.82, 2.24) is 5.32 Å². The second-order valence-electron chi connectivity index (χ2n) is 2.36. The second kappa shape index (κ2) is 3.68. The molecule has 1 aliphatic rings. The lowest BCUT2D eigenvalue weighted by atomic mass is 10.1. The zero-order valence-electron chi connectivity index (χ0n) is 6.22. The summed E-state index contributed by atoms with van der Waals surface area (Å²) in [5.41, 5.74) is 0. The summed E-state index contributed by atoms with van der Waals surface area (Å²) < 4.78 is 5.18. The topological polar surface area (TPSA) is 38.3 Å². The van der Waals surface area contributed by atoms with Crippen molar-refractivity contribution in [2.24, 2.45) is 0 Å². The molecule has 0 aromatic carbocycles. The average Bonchev–Trinajstić information content (AvgIpc) is 1.94. The zero-order valence-corrected chi connectivity index (χ0v) is 6.22. The Morgan fingerprint density at radius 1 is 1.80 bits per heavy atom. The molecule has 10 heavy (non-hydrogen) atoms. The first-order valence-electron chi connectivity index (χ1n) is 3.69. The van der Waals surface area contributed by atoms with Crippen molar-refractivity contribution in [2.45, 2.75) is 19.4 Å². The van der Waals surface area contributed by atoms with Crippen molar-refractivity contribution in [2.75, 3.05) is 19.7 Å². The van der Waals surface area contributed by atoms with Crippen LogP contribution in [0.5, 0.6) is 0 Å². The predicted octanol–water partition coefficient (Wildman–Crippen LogP) is -0.0461. The van der Waals surface area contributed by atoms with Crippen LogP contribution in [0, 0.1) is 0 Å². The Balaban J connectivity index is 2.32. The van der Waals surface area contributed by atoms with Gasteiger partial charge in [-0.25, -0.2) is 0 Å². The summed E-state index contributed by atoms with van der Waals surface area (Å²) in [6.07, 6.45) is 0.434. The van der Waals surface area contributed by atoms with Gasteiger partial charge >= 0.3 is 0 Å². The van der Waals surface area contributed by atoms with Crippen molar-refractivity contribution >= 4 is 5.78 Å².